The van der Waals surface area contributed by atoms with Crippen LogP contribution in [0.25, 0.3) is 0 Å². The van der Waals surface area contributed by atoms with E-state index in [1.165, 1.54) is 11.1 Å². The number of nitrogens with zero attached hydrogens (tertiary/aromatic N) is 4. The van der Waals surface area contributed by atoms with E-state index in [1.54, 1.807) is 7.11 Å². The Bertz CT molecular complexity index is 743. The van der Waals surface area contributed by atoms with E-state index in [9.17, 15) is 0 Å². The van der Waals surface area contributed by atoms with Gasteiger partial charge in [-0.1, -0.05) is 30.3 Å². The summed E-state index contributed by atoms with van der Waals surface area (Å²) in [6.45, 7) is 6.34. The molecule has 1 N–H and O–H groups in total. The quantitative estimate of drug-likeness (QED) is 0.486. The first kappa shape index (κ1) is 21.0. The van der Waals surface area contributed by atoms with Crippen molar-refractivity contribution >= 4 is 17.4 Å². The fraction of sp³-hybridized carbons (Fsp3) is 0.524. The number of nitrogens with one attached hydrogen (secondary N) is 1. The minimum atomic E-state index is 0.329. The molecule has 152 valence electrons. The molecule has 1 aliphatic rings. The van der Waals surface area contributed by atoms with E-state index < -0.39 is 0 Å². The number of likely N-dealkylation sites (N-methyl/N-ethyl adjacent to an activating group) is 1. The van der Waals surface area contributed by atoms with Gasteiger partial charge in [0.05, 0.1) is 12.3 Å². The lowest BCUT2D eigenvalue weighted by molar-refractivity contribution is 0.161. The Hall–Kier alpha value is -1.73. The minimum absolute atomic E-state index is 0.329. The smallest absolute Gasteiger partial charge is 0.224 e. The van der Waals surface area contributed by atoms with Crippen molar-refractivity contribution in [1.82, 2.24) is 19.8 Å². The Balaban J connectivity index is 1.58. The van der Waals surface area contributed by atoms with Gasteiger partial charge in [-0.3, -0.25) is 4.90 Å². The van der Waals surface area contributed by atoms with Crippen molar-refractivity contribution in [2.24, 2.45) is 0 Å². The number of ether oxygens (including phenoxy) is 1. The number of methoxy groups -OCH3 is 1. The van der Waals surface area contributed by atoms with Gasteiger partial charge in [-0.25, -0.2) is 9.97 Å². The van der Waals surface area contributed by atoms with Crippen molar-refractivity contribution in [2.75, 3.05) is 52.3 Å². The van der Waals surface area contributed by atoms with Gasteiger partial charge in [0.1, 0.15) is 5.82 Å². The van der Waals surface area contributed by atoms with Gasteiger partial charge in [0.15, 0.2) is 0 Å². The molecule has 28 heavy (non-hydrogen) atoms. The van der Waals surface area contributed by atoms with Crippen LogP contribution in [-0.4, -0.2) is 66.7 Å². The van der Waals surface area contributed by atoms with E-state index in [-0.39, 0.29) is 0 Å². The van der Waals surface area contributed by atoms with Gasteiger partial charge in [0, 0.05) is 51.8 Å². The first-order chi connectivity index (χ1) is 13.7. The first-order valence-electron chi connectivity index (χ1n) is 9.88. The number of hydrogen-bond acceptors (Lipinski definition) is 6. The highest BCUT2D eigenvalue weighted by Crippen LogP contribution is 2.26. The Morgan fingerprint density at radius 3 is 2.82 bits per heavy atom. The van der Waals surface area contributed by atoms with Gasteiger partial charge in [0.2, 0.25) is 5.28 Å². The number of benzene rings is 1. The third-order valence-electron chi connectivity index (χ3n) is 5.05. The average molecular weight is 404 g/mol. The van der Waals surface area contributed by atoms with Crippen LogP contribution < -0.4 is 5.32 Å². The second kappa shape index (κ2) is 10.7. The summed E-state index contributed by atoms with van der Waals surface area (Å²) in [7, 11) is 3.85. The third-order valence-corrected chi connectivity index (χ3v) is 5.22. The largest absolute Gasteiger partial charge is 0.383 e. The summed E-state index contributed by atoms with van der Waals surface area (Å²) in [5.74, 6) is 0.882. The number of fused-ring (bicyclic) bond motifs is 1. The lowest BCUT2D eigenvalue weighted by atomic mass is 10.1. The number of anilines is 1. The van der Waals surface area contributed by atoms with E-state index in [0.717, 1.165) is 70.2 Å². The monoisotopic (exact) mass is 403 g/mol. The molecule has 0 atom stereocenters. The summed E-state index contributed by atoms with van der Waals surface area (Å²) < 4.78 is 5.12. The number of rotatable bonds is 10. The molecule has 6 nitrogen and oxygen atoms in total. The zero-order chi connectivity index (χ0) is 19.8. The van der Waals surface area contributed by atoms with Crippen molar-refractivity contribution in [3.05, 3.63) is 52.4 Å². The van der Waals surface area contributed by atoms with Gasteiger partial charge in [0.25, 0.3) is 0 Å². The molecule has 2 heterocycles. The molecule has 0 saturated heterocycles. The minimum Gasteiger partial charge on any atom is -0.383 e. The maximum Gasteiger partial charge on any atom is 0.224 e. The predicted octanol–water partition coefficient (Wildman–Crippen LogP) is 3.07. The van der Waals surface area contributed by atoms with Crippen LogP contribution in [0.5, 0.6) is 0 Å². The normalized spacial score (nSPS) is 14.3. The maximum absolute atomic E-state index is 6.17. The number of halogens is 1. The Labute approximate surface area is 172 Å². The highest BCUT2D eigenvalue weighted by molar-refractivity contribution is 6.28. The summed E-state index contributed by atoms with van der Waals surface area (Å²) >= 11 is 6.17. The molecule has 2 aromatic rings. The van der Waals surface area contributed by atoms with Gasteiger partial charge in [-0.15, -0.1) is 0 Å². The van der Waals surface area contributed by atoms with Gasteiger partial charge in [-0.05, 0) is 37.2 Å². The fourth-order valence-electron chi connectivity index (χ4n) is 3.48. The van der Waals surface area contributed by atoms with E-state index in [0.29, 0.717) is 5.28 Å². The Kier molecular flexibility index (Phi) is 8.03. The second-order valence-electron chi connectivity index (χ2n) is 7.29. The van der Waals surface area contributed by atoms with Crippen LogP contribution in [0, 0.1) is 0 Å². The zero-order valence-electron chi connectivity index (χ0n) is 16.8. The maximum atomic E-state index is 6.17. The van der Waals surface area contributed by atoms with E-state index in [4.69, 9.17) is 16.3 Å². The molecule has 1 aromatic heterocycles. The van der Waals surface area contributed by atoms with Crippen LogP contribution in [-0.2, 0) is 24.2 Å². The predicted molar refractivity (Wildman–Crippen MR) is 114 cm³/mol. The Morgan fingerprint density at radius 1 is 1.21 bits per heavy atom. The van der Waals surface area contributed by atoms with Crippen molar-refractivity contribution in [1.29, 1.82) is 0 Å². The molecule has 3 rings (SSSR count). The molecule has 0 amide bonds. The molecule has 0 spiro atoms. The average Bonchev–Trinajstić information content (AvgIpc) is 2.70. The van der Waals surface area contributed by atoms with E-state index >= 15 is 0 Å². The summed E-state index contributed by atoms with van der Waals surface area (Å²) in [6.07, 6.45) is 1.93. The summed E-state index contributed by atoms with van der Waals surface area (Å²) in [4.78, 5) is 13.7. The van der Waals surface area contributed by atoms with Gasteiger partial charge < -0.3 is 15.0 Å². The summed E-state index contributed by atoms with van der Waals surface area (Å²) in [5, 5.41) is 3.82. The first-order valence-corrected chi connectivity index (χ1v) is 10.3. The molecular weight excluding hydrogens is 374 g/mol. The highest BCUT2D eigenvalue weighted by Gasteiger charge is 2.22. The summed E-state index contributed by atoms with van der Waals surface area (Å²) in [6, 6.07) is 10.6. The molecule has 0 unspecified atom stereocenters. The summed E-state index contributed by atoms with van der Waals surface area (Å²) in [5.41, 5.74) is 3.58. The van der Waals surface area contributed by atoms with Crippen LogP contribution in [0.15, 0.2) is 30.3 Å². The molecule has 1 aliphatic heterocycles. The molecular formula is C21H30ClN5O. The van der Waals surface area contributed by atoms with Crippen LogP contribution >= 0.6 is 11.6 Å². The van der Waals surface area contributed by atoms with Crippen LogP contribution in [0.4, 0.5) is 5.82 Å². The fourth-order valence-corrected chi connectivity index (χ4v) is 3.66. The van der Waals surface area contributed by atoms with Gasteiger partial charge >= 0.3 is 0 Å². The topological polar surface area (TPSA) is 53.5 Å². The molecule has 0 bridgehead atoms. The molecule has 0 radical (unpaired) electrons. The molecule has 0 saturated carbocycles. The van der Waals surface area contributed by atoms with Crippen molar-refractivity contribution in [3.8, 4) is 0 Å². The lowest BCUT2D eigenvalue weighted by Crippen LogP contribution is -2.32. The molecule has 1 aromatic carbocycles. The lowest BCUT2D eigenvalue weighted by Gasteiger charge is -2.29. The Morgan fingerprint density at radius 2 is 2.04 bits per heavy atom. The molecule has 0 aliphatic carbocycles. The van der Waals surface area contributed by atoms with Crippen LogP contribution in [0.1, 0.15) is 23.2 Å². The van der Waals surface area contributed by atoms with E-state index in [2.05, 4.69) is 62.5 Å². The third kappa shape index (κ3) is 6.14. The van der Waals surface area contributed by atoms with Crippen LogP contribution in [0.2, 0.25) is 5.28 Å². The van der Waals surface area contributed by atoms with Gasteiger partial charge in [-0.2, -0.15) is 0 Å². The SMILES string of the molecule is COCCN(C)CCCNc1nc(Cl)nc2c1CN(Cc1ccccc1)CC2. The van der Waals surface area contributed by atoms with Crippen LogP contribution in [0.3, 0.4) is 0 Å². The van der Waals surface area contributed by atoms with Crippen molar-refractivity contribution < 1.29 is 4.74 Å². The van der Waals surface area contributed by atoms with Crippen molar-refractivity contribution in [2.45, 2.75) is 25.9 Å². The highest BCUT2D eigenvalue weighted by atomic mass is 35.5. The molecule has 0 fully saturated rings. The standard InChI is InChI=1S/C21H30ClN5O/c1-26(13-14-28-2)11-6-10-23-20-18-16-27(15-17-7-4-3-5-8-17)12-9-19(18)24-21(22)25-20/h3-5,7-8H,6,9-16H2,1-2H3,(H,23,24,25). The molecule has 7 heteroatoms. The van der Waals surface area contributed by atoms with Crippen molar-refractivity contribution in [3.63, 3.8) is 0 Å². The zero-order valence-corrected chi connectivity index (χ0v) is 17.6. The van der Waals surface area contributed by atoms with E-state index in [1.807, 2.05) is 0 Å². The second-order valence-corrected chi connectivity index (χ2v) is 7.63. The number of aromatic nitrogens is 2. The number of hydrogen-bond donors (Lipinski definition) is 1.